The van der Waals surface area contributed by atoms with Crippen molar-refractivity contribution in [3.8, 4) is 0 Å². The van der Waals surface area contributed by atoms with Crippen LogP contribution in [0.2, 0.25) is 0 Å². The lowest BCUT2D eigenvalue weighted by molar-refractivity contribution is 0.555. The SMILES string of the molecule is CC1CCCC1Nc1ncnc2nc[nH]c12. The van der Waals surface area contributed by atoms with Crippen LogP contribution in [0.25, 0.3) is 11.2 Å². The lowest BCUT2D eigenvalue weighted by Crippen LogP contribution is -2.22. The minimum Gasteiger partial charge on any atom is -0.365 e. The first-order chi connectivity index (χ1) is 7.84. The number of aromatic amines is 1. The van der Waals surface area contributed by atoms with Crippen LogP contribution < -0.4 is 5.32 Å². The molecule has 5 nitrogen and oxygen atoms in total. The molecule has 0 saturated heterocycles. The Morgan fingerprint density at radius 1 is 1.31 bits per heavy atom. The van der Waals surface area contributed by atoms with Gasteiger partial charge in [-0.25, -0.2) is 15.0 Å². The average molecular weight is 217 g/mol. The number of hydrogen-bond acceptors (Lipinski definition) is 4. The Hall–Kier alpha value is -1.65. The summed E-state index contributed by atoms with van der Waals surface area (Å²) in [5.74, 6) is 1.59. The average Bonchev–Trinajstić information content (AvgIpc) is 2.89. The van der Waals surface area contributed by atoms with Gasteiger partial charge in [0.2, 0.25) is 0 Å². The maximum absolute atomic E-state index is 4.28. The molecule has 1 aliphatic rings. The van der Waals surface area contributed by atoms with Gasteiger partial charge >= 0.3 is 0 Å². The molecule has 2 atom stereocenters. The molecule has 2 unspecified atom stereocenters. The van der Waals surface area contributed by atoms with E-state index >= 15 is 0 Å². The Morgan fingerprint density at radius 2 is 2.25 bits per heavy atom. The number of nitrogens with zero attached hydrogens (tertiary/aromatic N) is 3. The quantitative estimate of drug-likeness (QED) is 0.807. The zero-order valence-electron chi connectivity index (χ0n) is 9.27. The molecule has 3 rings (SSSR count). The maximum Gasteiger partial charge on any atom is 0.182 e. The fraction of sp³-hybridized carbons (Fsp3) is 0.545. The van der Waals surface area contributed by atoms with Crippen LogP contribution in [0.15, 0.2) is 12.7 Å². The van der Waals surface area contributed by atoms with Gasteiger partial charge in [-0.05, 0) is 18.8 Å². The molecule has 2 aromatic rings. The highest BCUT2D eigenvalue weighted by atomic mass is 15.1. The van der Waals surface area contributed by atoms with Crippen LogP contribution in [0.3, 0.4) is 0 Å². The highest BCUT2D eigenvalue weighted by molar-refractivity contribution is 5.82. The van der Waals surface area contributed by atoms with Crippen LogP contribution in [-0.2, 0) is 0 Å². The van der Waals surface area contributed by atoms with Gasteiger partial charge in [0.05, 0.1) is 6.33 Å². The van der Waals surface area contributed by atoms with Crippen molar-refractivity contribution < 1.29 is 0 Å². The number of fused-ring (bicyclic) bond motifs is 1. The normalized spacial score (nSPS) is 25.1. The number of nitrogens with one attached hydrogen (secondary N) is 2. The summed E-state index contributed by atoms with van der Waals surface area (Å²) in [7, 11) is 0. The Balaban J connectivity index is 1.91. The van der Waals surface area contributed by atoms with E-state index in [0.29, 0.717) is 12.0 Å². The van der Waals surface area contributed by atoms with Gasteiger partial charge in [-0.1, -0.05) is 13.3 Å². The van der Waals surface area contributed by atoms with Crippen molar-refractivity contribution in [1.29, 1.82) is 0 Å². The van der Waals surface area contributed by atoms with Gasteiger partial charge in [-0.3, -0.25) is 0 Å². The topological polar surface area (TPSA) is 66.5 Å². The van der Waals surface area contributed by atoms with Gasteiger partial charge in [-0.2, -0.15) is 0 Å². The molecule has 0 aromatic carbocycles. The number of imidazole rings is 1. The number of H-pyrrole nitrogens is 1. The zero-order valence-corrected chi connectivity index (χ0v) is 9.27. The highest BCUT2D eigenvalue weighted by Crippen LogP contribution is 2.28. The molecule has 2 heterocycles. The van der Waals surface area contributed by atoms with E-state index < -0.39 is 0 Å². The Morgan fingerprint density at radius 3 is 3.06 bits per heavy atom. The monoisotopic (exact) mass is 217 g/mol. The van der Waals surface area contributed by atoms with Crippen LogP contribution in [0.5, 0.6) is 0 Å². The Labute approximate surface area is 93.7 Å². The summed E-state index contributed by atoms with van der Waals surface area (Å²) >= 11 is 0. The van der Waals surface area contributed by atoms with Crippen molar-refractivity contribution in [2.75, 3.05) is 5.32 Å². The van der Waals surface area contributed by atoms with Crippen molar-refractivity contribution in [2.24, 2.45) is 5.92 Å². The maximum atomic E-state index is 4.28. The van der Waals surface area contributed by atoms with E-state index in [1.54, 1.807) is 12.7 Å². The lowest BCUT2D eigenvalue weighted by Gasteiger charge is -2.17. The zero-order chi connectivity index (χ0) is 11.0. The molecule has 0 aliphatic heterocycles. The first kappa shape index (κ1) is 9.57. The van der Waals surface area contributed by atoms with Crippen molar-refractivity contribution in [2.45, 2.75) is 32.2 Å². The van der Waals surface area contributed by atoms with Gasteiger partial charge in [0, 0.05) is 6.04 Å². The van der Waals surface area contributed by atoms with Gasteiger partial charge in [-0.15, -0.1) is 0 Å². The molecule has 84 valence electrons. The van der Waals surface area contributed by atoms with Gasteiger partial charge in [0.1, 0.15) is 11.8 Å². The summed E-state index contributed by atoms with van der Waals surface area (Å²) in [6, 6.07) is 0.529. The Kier molecular flexibility index (Phi) is 2.23. The molecule has 0 spiro atoms. The van der Waals surface area contributed by atoms with Gasteiger partial charge in [0.15, 0.2) is 11.5 Å². The van der Waals surface area contributed by atoms with E-state index in [1.165, 1.54) is 19.3 Å². The van der Waals surface area contributed by atoms with Gasteiger partial charge < -0.3 is 10.3 Å². The minimum atomic E-state index is 0.529. The second kappa shape index (κ2) is 3.73. The first-order valence-corrected chi connectivity index (χ1v) is 5.75. The predicted octanol–water partition coefficient (Wildman–Crippen LogP) is 1.95. The lowest BCUT2D eigenvalue weighted by atomic mass is 10.1. The van der Waals surface area contributed by atoms with E-state index in [2.05, 4.69) is 32.2 Å². The standard InChI is InChI=1S/C11H15N5/c1-7-3-2-4-8(7)16-11-9-10(13-5-12-9)14-6-15-11/h5-8H,2-4H2,1H3,(H2,12,13,14,15,16). The van der Waals surface area contributed by atoms with E-state index in [-0.39, 0.29) is 0 Å². The van der Waals surface area contributed by atoms with Crippen LogP contribution in [0.1, 0.15) is 26.2 Å². The van der Waals surface area contributed by atoms with E-state index in [0.717, 1.165) is 17.0 Å². The fourth-order valence-corrected chi connectivity index (χ4v) is 2.41. The molecule has 0 bridgehead atoms. The van der Waals surface area contributed by atoms with Crippen molar-refractivity contribution in [3.63, 3.8) is 0 Å². The molecular formula is C11H15N5. The number of hydrogen-bond donors (Lipinski definition) is 2. The molecule has 5 heteroatoms. The van der Waals surface area contributed by atoms with Crippen molar-refractivity contribution in [1.82, 2.24) is 19.9 Å². The largest absolute Gasteiger partial charge is 0.365 e. The second-order valence-corrected chi connectivity index (χ2v) is 4.48. The van der Waals surface area contributed by atoms with Crippen LogP contribution in [0.4, 0.5) is 5.82 Å². The number of rotatable bonds is 2. The number of aromatic nitrogens is 4. The van der Waals surface area contributed by atoms with Crippen LogP contribution in [-0.4, -0.2) is 26.0 Å². The molecule has 1 fully saturated rings. The third-order valence-corrected chi connectivity index (χ3v) is 3.41. The van der Waals surface area contributed by atoms with E-state index in [9.17, 15) is 0 Å². The highest BCUT2D eigenvalue weighted by Gasteiger charge is 2.24. The Bertz CT molecular complexity index is 492. The summed E-state index contributed by atoms with van der Waals surface area (Å²) in [6.07, 6.45) is 7.04. The molecule has 16 heavy (non-hydrogen) atoms. The van der Waals surface area contributed by atoms with E-state index in [4.69, 9.17) is 0 Å². The third-order valence-electron chi connectivity index (χ3n) is 3.41. The molecule has 2 N–H and O–H groups in total. The van der Waals surface area contributed by atoms with Crippen LogP contribution in [0, 0.1) is 5.92 Å². The second-order valence-electron chi connectivity index (χ2n) is 4.48. The molecular weight excluding hydrogens is 202 g/mol. The first-order valence-electron chi connectivity index (χ1n) is 5.75. The molecule has 1 saturated carbocycles. The fourth-order valence-electron chi connectivity index (χ4n) is 2.41. The third kappa shape index (κ3) is 1.52. The van der Waals surface area contributed by atoms with Crippen molar-refractivity contribution >= 4 is 17.0 Å². The summed E-state index contributed by atoms with van der Waals surface area (Å²) in [5.41, 5.74) is 1.63. The van der Waals surface area contributed by atoms with Crippen LogP contribution >= 0.6 is 0 Å². The molecule has 2 aromatic heterocycles. The van der Waals surface area contributed by atoms with Gasteiger partial charge in [0.25, 0.3) is 0 Å². The van der Waals surface area contributed by atoms with Crippen molar-refractivity contribution in [3.05, 3.63) is 12.7 Å². The summed E-state index contributed by atoms with van der Waals surface area (Å²) in [4.78, 5) is 15.6. The minimum absolute atomic E-state index is 0.529. The molecule has 0 radical (unpaired) electrons. The van der Waals surface area contributed by atoms with E-state index in [1.807, 2.05) is 0 Å². The summed E-state index contributed by atoms with van der Waals surface area (Å²) in [6.45, 7) is 2.29. The predicted molar refractivity (Wildman–Crippen MR) is 62.1 cm³/mol. The number of anilines is 1. The summed E-state index contributed by atoms with van der Waals surface area (Å²) in [5, 5.41) is 3.50. The molecule has 1 aliphatic carbocycles. The molecule has 0 amide bonds. The summed E-state index contributed by atoms with van der Waals surface area (Å²) < 4.78 is 0. The smallest absolute Gasteiger partial charge is 0.182 e.